The fraction of sp³-hybridized carbons (Fsp3) is 0.176. The number of nitrogens with two attached hydrogens (primary N) is 1. The Morgan fingerprint density at radius 3 is 2.40 bits per heavy atom. The Balaban J connectivity index is 1.86. The number of nitrogens with zero attached hydrogens (tertiary/aromatic N) is 4. The van der Waals surface area contributed by atoms with E-state index in [0.717, 1.165) is 5.56 Å². The van der Waals surface area contributed by atoms with E-state index in [-0.39, 0.29) is 4.90 Å². The number of hydrogen-bond acceptors (Lipinski definition) is 5. The van der Waals surface area contributed by atoms with Crippen molar-refractivity contribution >= 4 is 15.7 Å². The van der Waals surface area contributed by atoms with Crippen LogP contribution in [-0.2, 0) is 16.6 Å². The van der Waals surface area contributed by atoms with Gasteiger partial charge >= 0.3 is 0 Å². The summed E-state index contributed by atoms with van der Waals surface area (Å²) in [6, 6.07) is 15.5. The zero-order chi connectivity index (χ0) is 17.9. The zero-order valence-electron chi connectivity index (χ0n) is 13.8. The van der Waals surface area contributed by atoms with Gasteiger partial charge in [-0.05, 0) is 24.3 Å². The Kier molecular flexibility index (Phi) is 4.82. The van der Waals surface area contributed by atoms with E-state index < -0.39 is 10.0 Å². The topological polar surface area (TPSA) is 94.1 Å². The van der Waals surface area contributed by atoms with Crippen LogP contribution >= 0.6 is 0 Å². The summed E-state index contributed by atoms with van der Waals surface area (Å²) in [6.07, 6.45) is 1.78. The van der Waals surface area contributed by atoms with Crippen LogP contribution in [-0.4, -0.2) is 37.0 Å². The van der Waals surface area contributed by atoms with Crippen LogP contribution in [0.5, 0.6) is 0 Å². The molecule has 25 heavy (non-hydrogen) atoms. The maximum Gasteiger partial charge on any atom is 0.264 e. The molecule has 3 aromatic rings. The van der Waals surface area contributed by atoms with Gasteiger partial charge in [0.15, 0.2) is 0 Å². The molecule has 3 rings (SSSR count). The average Bonchev–Trinajstić information content (AvgIpc) is 3.11. The summed E-state index contributed by atoms with van der Waals surface area (Å²) in [5.41, 5.74) is 7.57. The molecule has 130 valence electrons. The summed E-state index contributed by atoms with van der Waals surface area (Å²) in [4.78, 5) is 0.219. The summed E-state index contributed by atoms with van der Waals surface area (Å²) in [5.74, 6) is 0. The first-order chi connectivity index (χ1) is 12.0. The molecule has 0 saturated carbocycles. The van der Waals surface area contributed by atoms with Crippen molar-refractivity contribution in [3.05, 3.63) is 60.8 Å². The predicted molar refractivity (Wildman–Crippen MR) is 96.5 cm³/mol. The van der Waals surface area contributed by atoms with Gasteiger partial charge in [0.2, 0.25) is 0 Å². The molecule has 2 aromatic carbocycles. The quantitative estimate of drug-likeness (QED) is 0.725. The molecule has 0 aliphatic carbocycles. The number of anilines is 1. The lowest BCUT2D eigenvalue weighted by Gasteiger charge is -2.19. The first-order valence-electron chi connectivity index (χ1n) is 7.77. The Morgan fingerprint density at radius 1 is 1.08 bits per heavy atom. The second-order valence-electron chi connectivity index (χ2n) is 5.49. The highest BCUT2D eigenvalue weighted by Crippen LogP contribution is 2.24. The molecule has 0 aliphatic rings. The lowest BCUT2D eigenvalue weighted by molar-refractivity contribution is 0.594. The van der Waals surface area contributed by atoms with Crippen molar-refractivity contribution < 1.29 is 8.42 Å². The SMILES string of the molecule is CN(c1ccccc1)S(=O)(=O)c1ccc(-c2cn(CCN)nn2)cc1. The number of rotatable bonds is 6. The number of benzene rings is 2. The summed E-state index contributed by atoms with van der Waals surface area (Å²) in [6.45, 7) is 1.06. The molecule has 7 nitrogen and oxygen atoms in total. The van der Waals surface area contributed by atoms with Crippen LogP contribution in [0, 0.1) is 0 Å². The normalized spacial score (nSPS) is 11.4. The molecule has 0 spiro atoms. The maximum atomic E-state index is 12.7. The van der Waals surface area contributed by atoms with Gasteiger partial charge in [-0.3, -0.25) is 8.99 Å². The van der Waals surface area contributed by atoms with E-state index in [1.165, 1.54) is 11.4 Å². The number of sulfonamides is 1. The van der Waals surface area contributed by atoms with Gasteiger partial charge in [0.25, 0.3) is 10.0 Å². The van der Waals surface area contributed by atoms with Crippen LogP contribution in [0.4, 0.5) is 5.69 Å². The van der Waals surface area contributed by atoms with Gasteiger partial charge in [-0.2, -0.15) is 0 Å². The summed E-state index contributed by atoms with van der Waals surface area (Å²) >= 11 is 0. The van der Waals surface area contributed by atoms with Crippen LogP contribution in [0.3, 0.4) is 0 Å². The fourth-order valence-electron chi connectivity index (χ4n) is 2.40. The van der Waals surface area contributed by atoms with Gasteiger partial charge in [0.1, 0.15) is 5.69 Å². The Labute approximate surface area is 146 Å². The van der Waals surface area contributed by atoms with Crippen LogP contribution in [0.2, 0.25) is 0 Å². The van der Waals surface area contributed by atoms with Crippen molar-refractivity contribution in [2.75, 3.05) is 17.9 Å². The smallest absolute Gasteiger partial charge is 0.264 e. The van der Waals surface area contributed by atoms with E-state index in [9.17, 15) is 8.42 Å². The van der Waals surface area contributed by atoms with E-state index in [1.807, 2.05) is 6.07 Å². The lowest BCUT2D eigenvalue weighted by atomic mass is 10.2. The summed E-state index contributed by atoms with van der Waals surface area (Å²) in [5, 5.41) is 8.06. The first-order valence-corrected chi connectivity index (χ1v) is 9.21. The highest BCUT2D eigenvalue weighted by atomic mass is 32.2. The maximum absolute atomic E-state index is 12.7. The second kappa shape index (κ2) is 7.04. The fourth-order valence-corrected chi connectivity index (χ4v) is 3.60. The van der Waals surface area contributed by atoms with Crippen LogP contribution in [0.25, 0.3) is 11.3 Å². The Hall–Kier alpha value is -2.71. The highest BCUT2D eigenvalue weighted by molar-refractivity contribution is 7.92. The minimum atomic E-state index is -3.62. The van der Waals surface area contributed by atoms with E-state index >= 15 is 0 Å². The molecule has 8 heteroatoms. The Bertz CT molecular complexity index is 937. The summed E-state index contributed by atoms with van der Waals surface area (Å²) < 4.78 is 28.4. The van der Waals surface area contributed by atoms with Crippen molar-refractivity contribution in [2.45, 2.75) is 11.4 Å². The van der Waals surface area contributed by atoms with E-state index in [4.69, 9.17) is 5.73 Å². The number of aromatic nitrogens is 3. The van der Waals surface area contributed by atoms with Crippen LogP contribution in [0.15, 0.2) is 65.7 Å². The monoisotopic (exact) mass is 357 g/mol. The molecule has 0 fully saturated rings. The molecule has 0 aliphatic heterocycles. The van der Waals surface area contributed by atoms with Gasteiger partial charge < -0.3 is 5.73 Å². The van der Waals surface area contributed by atoms with Crippen molar-refractivity contribution in [3.8, 4) is 11.3 Å². The van der Waals surface area contributed by atoms with Gasteiger partial charge in [-0.25, -0.2) is 8.42 Å². The molecule has 0 unspecified atom stereocenters. The van der Waals surface area contributed by atoms with Gasteiger partial charge in [0, 0.05) is 19.2 Å². The second-order valence-corrected chi connectivity index (χ2v) is 7.46. The van der Waals surface area contributed by atoms with Crippen molar-refractivity contribution in [1.82, 2.24) is 15.0 Å². The molecule has 0 atom stereocenters. The van der Waals surface area contributed by atoms with Crippen molar-refractivity contribution in [1.29, 1.82) is 0 Å². The third-order valence-corrected chi connectivity index (χ3v) is 5.62. The number of hydrogen-bond donors (Lipinski definition) is 1. The average molecular weight is 357 g/mol. The lowest BCUT2D eigenvalue weighted by Crippen LogP contribution is -2.26. The van der Waals surface area contributed by atoms with Crippen molar-refractivity contribution in [3.63, 3.8) is 0 Å². The molecule has 0 amide bonds. The predicted octanol–water partition coefficient (Wildman–Crippen LogP) is 1.73. The van der Waals surface area contributed by atoms with Gasteiger partial charge in [0.05, 0.1) is 23.3 Å². The standard InChI is InChI=1S/C17H19N5O2S/c1-21(15-5-3-2-4-6-15)25(23,24)16-9-7-14(8-10-16)17-13-22(12-11-18)20-19-17/h2-10,13H,11-12,18H2,1H3. The number of para-hydroxylation sites is 1. The minimum Gasteiger partial charge on any atom is -0.329 e. The molecule has 2 N–H and O–H groups in total. The molecule has 0 bridgehead atoms. The molecule has 1 aromatic heterocycles. The van der Waals surface area contributed by atoms with Crippen molar-refractivity contribution in [2.24, 2.45) is 5.73 Å². The summed E-state index contributed by atoms with van der Waals surface area (Å²) in [7, 11) is -2.08. The van der Waals surface area contributed by atoms with E-state index in [0.29, 0.717) is 24.5 Å². The first kappa shape index (κ1) is 17.1. The van der Waals surface area contributed by atoms with E-state index in [1.54, 1.807) is 59.4 Å². The third kappa shape index (κ3) is 3.54. The van der Waals surface area contributed by atoms with E-state index in [2.05, 4.69) is 10.3 Å². The molecular formula is C17H19N5O2S. The highest BCUT2D eigenvalue weighted by Gasteiger charge is 2.21. The van der Waals surface area contributed by atoms with Gasteiger partial charge in [-0.15, -0.1) is 5.10 Å². The van der Waals surface area contributed by atoms with Crippen LogP contribution in [0.1, 0.15) is 0 Å². The largest absolute Gasteiger partial charge is 0.329 e. The van der Waals surface area contributed by atoms with Crippen LogP contribution < -0.4 is 10.0 Å². The third-order valence-electron chi connectivity index (χ3n) is 3.83. The minimum absolute atomic E-state index is 0.219. The van der Waals surface area contributed by atoms with Gasteiger partial charge in [-0.1, -0.05) is 35.5 Å². The molecule has 1 heterocycles. The molecule has 0 saturated heterocycles. The Morgan fingerprint density at radius 2 is 1.76 bits per heavy atom. The zero-order valence-corrected chi connectivity index (χ0v) is 14.6. The molecular weight excluding hydrogens is 338 g/mol. The molecule has 0 radical (unpaired) electrons.